The monoisotopic (exact) mass is 242 g/mol. The number of hydrogen-bond donors (Lipinski definition) is 2. The third kappa shape index (κ3) is 4.28. The normalized spacial score (nSPS) is 19.8. The Morgan fingerprint density at radius 1 is 1.41 bits per heavy atom. The highest BCUT2D eigenvalue weighted by Gasteiger charge is 2.40. The van der Waals surface area contributed by atoms with Crippen molar-refractivity contribution in [1.82, 2.24) is 10.2 Å². The number of nitrogens with zero attached hydrogens (tertiary/aromatic N) is 1. The summed E-state index contributed by atoms with van der Waals surface area (Å²) in [4.78, 5) is 13.8. The smallest absolute Gasteiger partial charge is 0.234 e. The number of β-amino-alcohol motifs (C(OH)–C–C–N with tert-alkyl or cyclic N) is 1. The van der Waals surface area contributed by atoms with Gasteiger partial charge in [-0.3, -0.25) is 9.69 Å². The Hall–Kier alpha value is -0.610. The Balaban J connectivity index is 2.27. The van der Waals surface area contributed by atoms with Crippen molar-refractivity contribution in [2.45, 2.75) is 58.1 Å². The molecule has 1 rings (SSSR count). The minimum absolute atomic E-state index is 0.0513. The lowest BCUT2D eigenvalue weighted by atomic mass is 9.89. The summed E-state index contributed by atoms with van der Waals surface area (Å²) in [5.74, 6) is 0.0513. The summed E-state index contributed by atoms with van der Waals surface area (Å²) in [5.41, 5.74) is -0.684. The molecule has 0 saturated carbocycles. The molecule has 1 saturated heterocycles. The van der Waals surface area contributed by atoms with Gasteiger partial charge in [-0.05, 0) is 26.7 Å². The minimum atomic E-state index is -0.546. The molecule has 0 aromatic heterocycles. The largest absolute Gasteiger partial charge is 0.387 e. The summed E-state index contributed by atoms with van der Waals surface area (Å²) in [6.07, 6.45) is 2.73. The van der Waals surface area contributed by atoms with E-state index >= 15 is 0 Å². The second kappa shape index (κ2) is 5.36. The highest BCUT2D eigenvalue weighted by atomic mass is 16.3. The van der Waals surface area contributed by atoms with Crippen LogP contribution in [-0.4, -0.2) is 46.7 Å². The topological polar surface area (TPSA) is 52.6 Å². The molecule has 0 unspecified atom stereocenters. The van der Waals surface area contributed by atoms with Crippen LogP contribution in [0.1, 0.15) is 47.0 Å². The maximum Gasteiger partial charge on any atom is 0.234 e. The van der Waals surface area contributed by atoms with Crippen molar-refractivity contribution < 1.29 is 9.90 Å². The van der Waals surface area contributed by atoms with Crippen LogP contribution in [-0.2, 0) is 4.79 Å². The zero-order valence-corrected chi connectivity index (χ0v) is 11.5. The van der Waals surface area contributed by atoms with Gasteiger partial charge in [-0.25, -0.2) is 0 Å². The first-order valence-corrected chi connectivity index (χ1v) is 6.56. The number of aliphatic hydroxyl groups is 1. The van der Waals surface area contributed by atoms with Crippen molar-refractivity contribution in [3.63, 3.8) is 0 Å². The fraction of sp³-hybridized carbons (Fsp3) is 0.923. The predicted octanol–water partition coefficient (Wildman–Crippen LogP) is 1.14. The molecule has 0 spiro atoms. The van der Waals surface area contributed by atoms with Gasteiger partial charge >= 0.3 is 0 Å². The Morgan fingerprint density at radius 2 is 2.00 bits per heavy atom. The molecule has 0 aliphatic carbocycles. The zero-order chi connectivity index (χ0) is 13.1. The van der Waals surface area contributed by atoms with Gasteiger partial charge in [0.2, 0.25) is 5.91 Å². The second-order valence-electron chi connectivity index (χ2n) is 5.91. The molecule has 0 bridgehead atoms. The molecule has 1 heterocycles. The average Bonchev–Trinajstić information content (AvgIpc) is 2.14. The maximum atomic E-state index is 11.8. The summed E-state index contributed by atoms with van der Waals surface area (Å²) in [7, 11) is 0. The van der Waals surface area contributed by atoms with Crippen LogP contribution in [0, 0.1) is 0 Å². The van der Waals surface area contributed by atoms with E-state index < -0.39 is 5.60 Å². The van der Waals surface area contributed by atoms with Gasteiger partial charge in [-0.1, -0.05) is 20.3 Å². The van der Waals surface area contributed by atoms with E-state index in [1.807, 2.05) is 18.7 Å². The molecule has 1 aliphatic rings. The molecule has 4 heteroatoms. The molecule has 0 radical (unpaired) electrons. The highest BCUT2D eigenvalue weighted by Crippen LogP contribution is 2.25. The van der Waals surface area contributed by atoms with Crippen molar-refractivity contribution in [2.24, 2.45) is 0 Å². The van der Waals surface area contributed by atoms with E-state index in [0.29, 0.717) is 19.6 Å². The van der Waals surface area contributed by atoms with E-state index in [-0.39, 0.29) is 11.4 Å². The first-order valence-electron chi connectivity index (χ1n) is 6.56. The van der Waals surface area contributed by atoms with E-state index in [9.17, 15) is 9.90 Å². The Labute approximate surface area is 104 Å². The third-order valence-corrected chi connectivity index (χ3v) is 3.48. The van der Waals surface area contributed by atoms with Gasteiger partial charge < -0.3 is 10.4 Å². The molecule has 1 aliphatic heterocycles. The van der Waals surface area contributed by atoms with Gasteiger partial charge in [-0.2, -0.15) is 0 Å². The minimum Gasteiger partial charge on any atom is -0.387 e. The summed E-state index contributed by atoms with van der Waals surface area (Å²) in [6.45, 7) is 9.82. The van der Waals surface area contributed by atoms with Crippen molar-refractivity contribution in [3.05, 3.63) is 0 Å². The molecular weight excluding hydrogens is 216 g/mol. The van der Waals surface area contributed by atoms with Gasteiger partial charge in [0.05, 0.1) is 12.1 Å². The van der Waals surface area contributed by atoms with Crippen LogP contribution in [0.5, 0.6) is 0 Å². The van der Waals surface area contributed by atoms with E-state index in [2.05, 4.69) is 19.2 Å². The molecule has 0 atom stereocenters. The van der Waals surface area contributed by atoms with Gasteiger partial charge in [0.1, 0.15) is 0 Å². The standard InChI is InChI=1S/C13H26N2O2/c1-5-7-13(17)9-15(10-13)8-11(16)14-12(3,4)6-2/h17H,5-10H2,1-4H3,(H,14,16). The van der Waals surface area contributed by atoms with E-state index in [1.165, 1.54) is 0 Å². The van der Waals surface area contributed by atoms with Gasteiger partial charge in [0.15, 0.2) is 0 Å². The molecule has 1 amide bonds. The second-order valence-corrected chi connectivity index (χ2v) is 5.91. The van der Waals surface area contributed by atoms with E-state index in [1.54, 1.807) is 0 Å². The van der Waals surface area contributed by atoms with Crippen LogP contribution in [0.4, 0.5) is 0 Å². The summed E-state index contributed by atoms with van der Waals surface area (Å²) >= 11 is 0. The first kappa shape index (κ1) is 14.5. The average molecular weight is 242 g/mol. The Morgan fingerprint density at radius 3 is 2.47 bits per heavy atom. The predicted molar refractivity (Wildman–Crippen MR) is 68.8 cm³/mol. The molecule has 0 aromatic rings. The summed E-state index contributed by atoms with van der Waals surface area (Å²) < 4.78 is 0. The molecule has 100 valence electrons. The van der Waals surface area contributed by atoms with Crippen molar-refractivity contribution in [1.29, 1.82) is 0 Å². The van der Waals surface area contributed by atoms with Crippen LogP contribution >= 0.6 is 0 Å². The number of rotatable bonds is 6. The number of carbonyl (C=O) groups excluding carboxylic acids is 1. The van der Waals surface area contributed by atoms with E-state index in [0.717, 1.165) is 19.3 Å². The lowest BCUT2D eigenvalue weighted by Gasteiger charge is -2.46. The van der Waals surface area contributed by atoms with E-state index in [4.69, 9.17) is 0 Å². The Kier molecular flexibility index (Phi) is 4.55. The zero-order valence-electron chi connectivity index (χ0n) is 11.5. The van der Waals surface area contributed by atoms with Crippen LogP contribution in [0.25, 0.3) is 0 Å². The van der Waals surface area contributed by atoms with Crippen LogP contribution in [0.2, 0.25) is 0 Å². The lowest BCUT2D eigenvalue weighted by molar-refractivity contribution is -0.135. The van der Waals surface area contributed by atoms with Crippen molar-refractivity contribution in [3.8, 4) is 0 Å². The molecular formula is C13H26N2O2. The lowest BCUT2D eigenvalue weighted by Crippen LogP contribution is -2.63. The molecule has 4 nitrogen and oxygen atoms in total. The fourth-order valence-corrected chi connectivity index (χ4v) is 2.23. The molecule has 0 aromatic carbocycles. The SMILES string of the molecule is CCCC1(O)CN(CC(=O)NC(C)(C)CC)C1. The van der Waals surface area contributed by atoms with Crippen molar-refractivity contribution in [2.75, 3.05) is 19.6 Å². The van der Waals surface area contributed by atoms with Crippen LogP contribution < -0.4 is 5.32 Å². The van der Waals surface area contributed by atoms with Crippen molar-refractivity contribution >= 4 is 5.91 Å². The number of carbonyl (C=O) groups is 1. The van der Waals surface area contributed by atoms with Gasteiger partial charge in [0, 0.05) is 18.6 Å². The molecule has 17 heavy (non-hydrogen) atoms. The van der Waals surface area contributed by atoms with Gasteiger partial charge in [0.25, 0.3) is 0 Å². The summed E-state index contributed by atoms with van der Waals surface area (Å²) in [5, 5.41) is 13.0. The van der Waals surface area contributed by atoms with Gasteiger partial charge in [-0.15, -0.1) is 0 Å². The fourth-order valence-electron chi connectivity index (χ4n) is 2.23. The quantitative estimate of drug-likeness (QED) is 0.734. The third-order valence-electron chi connectivity index (χ3n) is 3.48. The maximum absolute atomic E-state index is 11.8. The first-order chi connectivity index (χ1) is 7.80. The summed E-state index contributed by atoms with van der Waals surface area (Å²) in [6, 6.07) is 0. The van der Waals surface area contributed by atoms with Crippen LogP contribution in [0.15, 0.2) is 0 Å². The Bertz CT molecular complexity index is 271. The number of nitrogens with one attached hydrogen (secondary N) is 1. The molecule has 1 fully saturated rings. The number of likely N-dealkylation sites (tertiary alicyclic amines) is 1. The number of amides is 1. The highest BCUT2D eigenvalue weighted by molar-refractivity contribution is 5.78. The van der Waals surface area contributed by atoms with Crippen LogP contribution in [0.3, 0.4) is 0 Å². The number of hydrogen-bond acceptors (Lipinski definition) is 3. The molecule has 2 N–H and O–H groups in total.